The van der Waals surface area contributed by atoms with Crippen molar-refractivity contribution in [3.63, 3.8) is 0 Å². The molecule has 0 bridgehead atoms. The van der Waals surface area contributed by atoms with Crippen molar-refractivity contribution in [3.8, 4) is 0 Å². The van der Waals surface area contributed by atoms with Gasteiger partial charge in [-0.3, -0.25) is 0 Å². The third-order valence-electron chi connectivity index (χ3n) is 3.59. The van der Waals surface area contributed by atoms with Crippen molar-refractivity contribution in [2.45, 2.75) is 31.6 Å². The molecule has 2 aromatic rings. The molecule has 0 saturated carbocycles. The highest BCUT2D eigenvalue weighted by molar-refractivity contribution is 6.20. The van der Waals surface area contributed by atoms with Crippen molar-refractivity contribution in [1.82, 2.24) is 0 Å². The third kappa shape index (κ3) is 2.59. The van der Waals surface area contributed by atoms with Gasteiger partial charge < -0.3 is 0 Å². The lowest BCUT2D eigenvalue weighted by molar-refractivity contribution is 0.640. The molecule has 0 saturated heterocycles. The van der Waals surface area contributed by atoms with Crippen molar-refractivity contribution in [2.75, 3.05) is 0 Å². The quantitative estimate of drug-likeness (QED) is 0.655. The van der Waals surface area contributed by atoms with E-state index in [1.54, 1.807) is 0 Å². The van der Waals surface area contributed by atoms with E-state index in [2.05, 4.69) is 68.4 Å². The van der Waals surface area contributed by atoms with E-state index in [-0.39, 0.29) is 10.8 Å². The van der Waals surface area contributed by atoms with Gasteiger partial charge in [-0.1, -0.05) is 68.4 Å². The maximum absolute atomic E-state index is 6.09. The zero-order valence-corrected chi connectivity index (χ0v) is 11.9. The molecule has 0 aliphatic rings. The number of benzene rings is 2. The summed E-state index contributed by atoms with van der Waals surface area (Å²) in [6, 6.07) is 19.2. The molecular formula is C17H19Cl. The maximum Gasteiger partial charge on any atom is 0.0557 e. The molecule has 0 fully saturated rings. The minimum atomic E-state index is 0.0232. The monoisotopic (exact) mass is 258 g/mol. The molecule has 0 heterocycles. The normalized spacial score (nSPS) is 13.3. The van der Waals surface area contributed by atoms with Crippen LogP contribution in [0.4, 0.5) is 0 Å². The first-order chi connectivity index (χ1) is 8.51. The summed E-state index contributed by atoms with van der Waals surface area (Å²) in [7, 11) is 0. The fourth-order valence-electron chi connectivity index (χ4n) is 2.19. The van der Waals surface area contributed by atoms with Crippen LogP contribution < -0.4 is 0 Å². The van der Waals surface area contributed by atoms with E-state index in [0.717, 1.165) is 0 Å². The van der Waals surface area contributed by atoms with E-state index in [0.29, 0.717) is 0 Å². The number of hydrogen-bond acceptors (Lipinski definition) is 0. The van der Waals surface area contributed by atoms with E-state index in [1.807, 2.05) is 6.92 Å². The molecule has 0 nitrogen and oxygen atoms in total. The Hall–Kier alpha value is -1.27. The number of rotatable bonds is 3. The predicted molar refractivity (Wildman–Crippen MR) is 79.3 cm³/mol. The molecule has 94 valence electrons. The summed E-state index contributed by atoms with van der Waals surface area (Å²) >= 11 is 6.09. The summed E-state index contributed by atoms with van der Waals surface area (Å²) < 4.78 is 0. The van der Waals surface area contributed by atoms with Crippen LogP contribution in [0.25, 0.3) is 0 Å². The molecule has 0 N–H and O–H groups in total. The Morgan fingerprint density at radius 2 is 1.33 bits per heavy atom. The summed E-state index contributed by atoms with van der Waals surface area (Å²) in [6.07, 6.45) is 0. The van der Waals surface area contributed by atoms with Crippen LogP contribution in [-0.4, -0.2) is 0 Å². The van der Waals surface area contributed by atoms with Crippen LogP contribution >= 0.6 is 11.6 Å². The highest BCUT2D eigenvalue weighted by atomic mass is 35.5. The molecule has 0 aliphatic carbocycles. The van der Waals surface area contributed by atoms with E-state index < -0.39 is 0 Å². The Morgan fingerprint density at radius 3 is 1.83 bits per heavy atom. The van der Waals surface area contributed by atoms with Crippen molar-refractivity contribution in [3.05, 3.63) is 71.3 Å². The van der Waals surface area contributed by atoms with Gasteiger partial charge in [-0.15, -0.1) is 11.6 Å². The molecule has 1 heteroatoms. The van der Waals surface area contributed by atoms with Crippen molar-refractivity contribution in [2.24, 2.45) is 0 Å². The molecule has 0 aliphatic heterocycles. The Balaban J connectivity index is 2.36. The van der Waals surface area contributed by atoms with Crippen molar-refractivity contribution < 1.29 is 0 Å². The molecular weight excluding hydrogens is 240 g/mol. The second-order valence-electron chi connectivity index (χ2n) is 5.23. The maximum atomic E-state index is 6.09. The lowest BCUT2D eigenvalue weighted by Crippen LogP contribution is -2.18. The van der Waals surface area contributed by atoms with Crippen LogP contribution in [0.2, 0.25) is 0 Å². The Morgan fingerprint density at radius 1 is 0.833 bits per heavy atom. The minimum Gasteiger partial charge on any atom is -0.118 e. The van der Waals surface area contributed by atoms with E-state index in [4.69, 9.17) is 11.6 Å². The first-order valence-electron chi connectivity index (χ1n) is 6.32. The lowest BCUT2D eigenvalue weighted by Gasteiger charge is -2.26. The topological polar surface area (TPSA) is 0 Å². The van der Waals surface area contributed by atoms with Crippen molar-refractivity contribution >= 4 is 11.6 Å². The number of hydrogen-bond donors (Lipinski definition) is 0. The minimum absolute atomic E-state index is 0.0232. The fourth-order valence-corrected chi connectivity index (χ4v) is 2.33. The molecule has 1 atom stereocenters. The Labute approximate surface area is 115 Å². The third-order valence-corrected chi connectivity index (χ3v) is 3.84. The van der Waals surface area contributed by atoms with Gasteiger partial charge >= 0.3 is 0 Å². The fraction of sp³-hybridized carbons (Fsp3) is 0.294. The molecule has 0 aromatic heterocycles. The molecule has 0 radical (unpaired) electrons. The highest BCUT2D eigenvalue weighted by Gasteiger charge is 2.22. The van der Waals surface area contributed by atoms with E-state index in [9.17, 15) is 0 Å². The molecule has 0 spiro atoms. The highest BCUT2D eigenvalue weighted by Crippen LogP contribution is 2.32. The average Bonchev–Trinajstić information content (AvgIpc) is 2.40. The van der Waals surface area contributed by atoms with E-state index in [1.165, 1.54) is 16.7 Å². The standard InChI is InChI=1S/C17H19Cl/c1-13(18)14-9-11-16(12-10-14)17(2,3)15-7-5-4-6-8-15/h4-13H,1-3H3. The van der Waals surface area contributed by atoms with Gasteiger partial charge in [-0.25, -0.2) is 0 Å². The first kappa shape index (κ1) is 13.2. The molecule has 2 rings (SSSR count). The van der Waals surface area contributed by atoms with Gasteiger partial charge in [0.05, 0.1) is 5.38 Å². The summed E-state index contributed by atoms with van der Waals surface area (Å²) in [6.45, 7) is 6.50. The molecule has 2 aromatic carbocycles. The van der Waals surface area contributed by atoms with Gasteiger partial charge in [0.2, 0.25) is 0 Å². The van der Waals surface area contributed by atoms with Gasteiger partial charge in [0.1, 0.15) is 0 Å². The summed E-state index contributed by atoms with van der Waals surface area (Å²) in [5.74, 6) is 0. The summed E-state index contributed by atoms with van der Waals surface area (Å²) in [5, 5.41) is 0.0684. The second kappa shape index (κ2) is 5.16. The zero-order valence-electron chi connectivity index (χ0n) is 11.2. The molecule has 1 unspecified atom stereocenters. The smallest absolute Gasteiger partial charge is 0.0557 e. The number of halogens is 1. The van der Waals surface area contributed by atoms with Crippen LogP contribution in [0.1, 0.15) is 42.8 Å². The van der Waals surface area contributed by atoms with Crippen molar-refractivity contribution in [1.29, 1.82) is 0 Å². The van der Waals surface area contributed by atoms with Gasteiger partial charge in [-0.05, 0) is 23.6 Å². The summed E-state index contributed by atoms with van der Waals surface area (Å²) in [4.78, 5) is 0. The molecule has 18 heavy (non-hydrogen) atoms. The number of alkyl halides is 1. The second-order valence-corrected chi connectivity index (χ2v) is 5.88. The largest absolute Gasteiger partial charge is 0.118 e. The average molecular weight is 259 g/mol. The lowest BCUT2D eigenvalue weighted by atomic mass is 9.78. The Kier molecular flexibility index (Phi) is 3.77. The van der Waals surface area contributed by atoms with Crippen LogP contribution in [0.3, 0.4) is 0 Å². The first-order valence-corrected chi connectivity index (χ1v) is 6.75. The Bertz CT molecular complexity index is 495. The van der Waals surface area contributed by atoms with Gasteiger partial charge in [0.15, 0.2) is 0 Å². The van der Waals surface area contributed by atoms with Crippen LogP contribution in [-0.2, 0) is 5.41 Å². The van der Waals surface area contributed by atoms with Gasteiger partial charge in [-0.2, -0.15) is 0 Å². The van der Waals surface area contributed by atoms with Crippen LogP contribution in [0.15, 0.2) is 54.6 Å². The molecule has 0 amide bonds. The van der Waals surface area contributed by atoms with Gasteiger partial charge in [0, 0.05) is 5.41 Å². The van der Waals surface area contributed by atoms with Gasteiger partial charge in [0.25, 0.3) is 0 Å². The van der Waals surface area contributed by atoms with Crippen LogP contribution in [0, 0.1) is 0 Å². The van der Waals surface area contributed by atoms with E-state index >= 15 is 0 Å². The summed E-state index contributed by atoms with van der Waals surface area (Å²) in [5.41, 5.74) is 3.84. The van der Waals surface area contributed by atoms with Crippen LogP contribution in [0.5, 0.6) is 0 Å². The SMILES string of the molecule is CC(Cl)c1ccc(C(C)(C)c2ccccc2)cc1. The zero-order chi connectivity index (χ0) is 13.2. The predicted octanol–water partition coefficient (Wildman–Crippen LogP) is 5.31.